The van der Waals surface area contributed by atoms with Gasteiger partial charge in [0.05, 0.1) is 5.56 Å². The number of nitrogens with zero attached hydrogens (tertiary/aromatic N) is 3. The minimum Gasteiger partial charge on any atom is -0.311 e. The Hall–Kier alpha value is -2.13. The molecule has 2 aromatic rings. The number of thiophene rings is 1. The lowest BCUT2D eigenvalue weighted by molar-refractivity contribution is 0.102. The SMILES string of the molecule is CCc1cc(C#N)c(NC(=O)c2cc(C3CC3)n(C)n2)s1. The highest BCUT2D eigenvalue weighted by Gasteiger charge is 2.28. The molecule has 0 aliphatic heterocycles. The maximum atomic E-state index is 12.3. The van der Waals surface area contributed by atoms with Crippen molar-refractivity contribution in [2.75, 3.05) is 5.32 Å². The molecule has 6 heteroatoms. The molecule has 2 aromatic heterocycles. The van der Waals surface area contributed by atoms with Crippen LogP contribution in [0.15, 0.2) is 12.1 Å². The second kappa shape index (κ2) is 5.34. The van der Waals surface area contributed by atoms with Gasteiger partial charge in [-0.25, -0.2) is 0 Å². The Kier molecular flexibility index (Phi) is 3.52. The summed E-state index contributed by atoms with van der Waals surface area (Å²) in [5.41, 5.74) is 2.04. The Bertz CT molecular complexity index is 733. The Balaban J connectivity index is 1.81. The first-order valence-corrected chi connectivity index (χ1v) is 7.82. The van der Waals surface area contributed by atoms with Crippen LogP contribution in [0.3, 0.4) is 0 Å². The van der Waals surface area contributed by atoms with Crippen LogP contribution >= 0.6 is 11.3 Å². The second-order valence-corrected chi connectivity index (χ2v) is 6.36. The minimum absolute atomic E-state index is 0.251. The Morgan fingerprint density at radius 2 is 2.33 bits per heavy atom. The van der Waals surface area contributed by atoms with E-state index in [9.17, 15) is 4.79 Å². The van der Waals surface area contributed by atoms with E-state index in [-0.39, 0.29) is 5.91 Å². The summed E-state index contributed by atoms with van der Waals surface area (Å²) in [6.45, 7) is 2.03. The molecule has 21 heavy (non-hydrogen) atoms. The maximum absolute atomic E-state index is 12.3. The molecule has 0 bridgehead atoms. The number of nitrogens with one attached hydrogen (secondary N) is 1. The van der Waals surface area contributed by atoms with Gasteiger partial charge in [0, 0.05) is 23.5 Å². The fraction of sp³-hybridized carbons (Fsp3) is 0.400. The molecule has 3 rings (SSSR count). The van der Waals surface area contributed by atoms with Crippen LogP contribution in [0.25, 0.3) is 0 Å². The number of hydrogen-bond donors (Lipinski definition) is 1. The summed E-state index contributed by atoms with van der Waals surface area (Å²) >= 11 is 1.45. The van der Waals surface area contributed by atoms with E-state index < -0.39 is 0 Å². The summed E-state index contributed by atoms with van der Waals surface area (Å²) in [5.74, 6) is 0.297. The van der Waals surface area contributed by atoms with E-state index in [1.54, 1.807) is 4.68 Å². The van der Waals surface area contributed by atoms with Gasteiger partial charge in [0.25, 0.3) is 5.91 Å². The van der Waals surface area contributed by atoms with Crippen LogP contribution in [0.5, 0.6) is 0 Å². The summed E-state index contributed by atoms with van der Waals surface area (Å²) < 4.78 is 1.78. The zero-order chi connectivity index (χ0) is 15.0. The number of nitriles is 1. The third-order valence-electron chi connectivity index (χ3n) is 3.62. The van der Waals surface area contributed by atoms with Gasteiger partial charge < -0.3 is 5.32 Å². The zero-order valence-electron chi connectivity index (χ0n) is 12.0. The number of carbonyl (C=O) groups is 1. The van der Waals surface area contributed by atoms with Gasteiger partial charge in [-0.15, -0.1) is 11.3 Å². The Morgan fingerprint density at radius 1 is 1.57 bits per heavy atom. The number of aryl methyl sites for hydroxylation is 2. The second-order valence-electron chi connectivity index (χ2n) is 5.23. The Morgan fingerprint density at radius 3 is 2.95 bits per heavy atom. The van der Waals surface area contributed by atoms with E-state index in [2.05, 4.69) is 16.5 Å². The summed E-state index contributed by atoms with van der Waals surface area (Å²) in [7, 11) is 1.87. The Labute approximate surface area is 127 Å². The molecular weight excluding hydrogens is 284 g/mol. The van der Waals surface area contributed by atoms with E-state index in [0.717, 1.165) is 17.0 Å². The van der Waals surface area contributed by atoms with E-state index >= 15 is 0 Å². The fourth-order valence-corrected chi connectivity index (χ4v) is 3.25. The molecule has 1 N–H and O–H groups in total. The van der Waals surface area contributed by atoms with Gasteiger partial charge in [-0.05, 0) is 31.4 Å². The van der Waals surface area contributed by atoms with Gasteiger partial charge >= 0.3 is 0 Å². The molecule has 0 radical (unpaired) electrons. The number of amides is 1. The lowest BCUT2D eigenvalue weighted by atomic mass is 10.2. The molecule has 2 heterocycles. The predicted octanol–water partition coefficient (Wildman–Crippen LogP) is 3.05. The van der Waals surface area contributed by atoms with Crippen molar-refractivity contribution in [3.8, 4) is 6.07 Å². The lowest BCUT2D eigenvalue weighted by Crippen LogP contribution is -2.12. The van der Waals surface area contributed by atoms with Gasteiger partial charge in [0.2, 0.25) is 0 Å². The van der Waals surface area contributed by atoms with Crippen molar-refractivity contribution in [1.82, 2.24) is 9.78 Å². The third kappa shape index (κ3) is 2.69. The van der Waals surface area contributed by atoms with Crippen LogP contribution < -0.4 is 5.32 Å². The van der Waals surface area contributed by atoms with Gasteiger partial charge in [-0.1, -0.05) is 6.92 Å². The van der Waals surface area contributed by atoms with Gasteiger partial charge in [-0.3, -0.25) is 9.48 Å². The van der Waals surface area contributed by atoms with Crippen molar-refractivity contribution in [2.45, 2.75) is 32.1 Å². The van der Waals surface area contributed by atoms with E-state index in [0.29, 0.717) is 22.2 Å². The van der Waals surface area contributed by atoms with Gasteiger partial charge in [0.15, 0.2) is 5.69 Å². The first-order valence-electron chi connectivity index (χ1n) is 7.00. The molecule has 0 aromatic carbocycles. The van der Waals surface area contributed by atoms with E-state index in [1.807, 2.05) is 26.1 Å². The average molecular weight is 300 g/mol. The molecule has 0 unspecified atom stereocenters. The fourth-order valence-electron chi connectivity index (χ4n) is 2.31. The van der Waals surface area contributed by atoms with E-state index in [4.69, 9.17) is 5.26 Å². The molecule has 1 aliphatic carbocycles. The molecule has 0 spiro atoms. The summed E-state index contributed by atoms with van der Waals surface area (Å²) in [5, 5.41) is 16.8. The minimum atomic E-state index is -0.251. The number of aromatic nitrogens is 2. The van der Waals surface area contributed by atoms with Crippen molar-refractivity contribution < 1.29 is 4.79 Å². The smallest absolute Gasteiger partial charge is 0.276 e. The van der Waals surface area contributed by atoms with Crippen LogP contribution in [0.2, 0.25) is 0 Å². The van der Waals surface area contributed by atoms with Crippen molar-refractivity contribution in [2.24, 2.45) is 7.05 Å². The van der Waals surface area contributed by atoms with Crippen LogP contribution in [0.4, 0.5) is 5.00 Å². The molecule has 1 amide bonds. The van der Waals surface area contributed by atoms with Gasteiger partial charge in [-0.2, -0.15) is 10.4 Å². The molecular formula is C15H16N4OS. The molecule has 0 atom stereocenters. The van der Waals surface area contributed by atoms with Crippen LogP contribution in [-0.2, 0) is 13.5 Å². The van der Waals surface area contributed by atoms with Crippen molar-refractivity contribution in [3.05, 3.63) is 34.0 Å². The number of carbonyl (C=O) groups excluding carboxylic acids is 1. The standard InChI is InChI=1S/C15H16N4OS/c1-3-11-6-10(8-16)15(21-11)17-14(20)12-7-13(9-4-5-9)19(2)18-12/h6-7,9H,3-5H2,1-2H3,(H,17,20). The summed E-state index contributed by atoms with van der Waals surface area (Å²) in [6, 6.07) is 5.80. The van der Waals surface area contributed by atoms with Crippen molar-refractivity contribution >= 4 is 22.2 Å². The number of rotatable bonds is 4. The lowest BCUT2D eigenvalue weighted by Gasteiger charge is -1.99. The highest BCUT2D eigenvalue weighted by Crippen LogP contribution is 2.40. The predicted molar refractivity (Wildman–Crippen MR) is 81.5 cm³/mol. The molecule has 1 aliphatic rings. The average Bonchev–Trinajstić information content (AvgIpc) is 3.13. The highest BCUT2D eigenvalue weighted by atomic mass is 32.1. The number of hydrogen-bond acceptors (Lipinski definition) is 4. The highest BCUT2D eigenvalue weighted by molar-refractivity contribution is 7.16. The molecule has 1 fully saturated rings. The first-order chi connectivity index (χ1) is 10.1. The van der Waals surface area contributed by atoms with Gasteiger partial charge in [0.1, 0.15) is 11.1 Å². The summed E-state index contributed by atoms with van der Waals surface area (Å²) in [4.78, 5) is 13.4. The quantitative estimate of drug-likeness (QED) is 0.943. The maximum Gasteiger partial charge on any atom is 0.276 e. The molecule has 5 nitrogen and oxygen atoms in total. The zero-order valence-corrected chi connectivity index (χ0v) is 12.8. The monoisotopic (exact) mass is 300 g/mol. The van der Waals surface area contributed by atoms with E-state index in [1.165, 1.54) is 24.2 Å². The normalized spacial score (nSPS) is 14.0. The molecule has 108 valence electrons. The third-order valence-corrected chi connectivity index (χ3v) is 4.82. The van der Waals surface area contributed by atoms with Crippen LogP contribution in [0.1, 0.15) is 52.3 Å². The van der Waals surface area contributed by atoms with Crippen LogP contribution in [-0.4, -0.2) is 15.7 Å². The molecule has 1 saturated carbocycles. The largest absolute Gasteiger partial charge is 0.311 e. The molecule has 0 saturated heterocycles. The van der Waals surface area contributed by atoms with Crippen molar-refractivity contribution in [3.63, 3.8) is 0 Å². The topological polar surface area (TPSA) is 70.7 Å². The summed E-state index contributed by atoms with van der Waals surface area (Å²) in [6.07, 6.45) is 3.19. The van der Waals surface area contributed by atoms with Crippen molar-refractivity contribution in [1.29, 1.82) is 5.26 Å². The number of anilines is 1. The van der Waals surface area contributed by atoms with Crippen LogP contribution in [0, 0.1) is 11.3 Å². The first kappa shape index (κ1) is 13.8.